The Hall–Kier alpha value is -7.89. The molecule has 13 aromatic rings. The minimum absolute atomic E-state index is 0.629. The lowest BCUT2D eigenvalue weighted by Crippen LogP contribution is -2.00. The Kier molecular flexibility index (Phi) is 6.38. The third-order valence-electron chi connectivity index (χ3n) is 12.1. The van der Waals surface area contributed by atoms with E-state index < -0.39 is 0 Å². The van der Waals surface area contributed by atoms with Crippen LogP contribution in [0.1, 0.15) is 0 Å². The minimum atomic E-state index is 0.629. The fraction of sp³-hybridized carbons (Fsp3) is 0. The molecule has 5 nitrogen and oxygen atoms in total. The van der Waals surface area contributed by atoms with Crippen LogP contribution in [0.3, 0.4) is 0 Å². The Morgan fingerprint density at radius 3 is 1.26 bits per heavy atom. The molecule has 0 N–H and O–H groups in total. The van der Waals surface area contributed by atoms with Gasteiger partial charge in [0.05, 0.1) is 33.1 Å². The van der Waals surface area contributed by atoms with Gasteiger partial charge in [-0.25, -0.2) is 15.0 Å². The van der Waals surface area contributed by atoms with Crippen LogP contribution in [-0.4, -0.2) is 23.8 Å². The van der Waals surface area contributed by atoms with E-state index in [9.17, 15) is 0 Å². The molecular formula is C53H31N5. The van der Waals surface area contributed by atoms with E-state index in [4.69, 9.17) is 15.0 Å². The molecule has 4 heterocycles. The smallest absolute Gasteiger partial charge is 0.164 e. The predicted molar refractivity (Wildman–Crippen MR) is 241 cm³/mol. The number of hydrogen-bond donors (Lipinski definition) is 0. The van der Waals surface area contributed by atoms with Crippen LogP contribution >= 0.6 is 0 Å². The van der Waals surface area contributed by atoms with Gasteiger partial charge in [0.1, 0.15) is 0 Å². The van der Waals surface area contributed by atoms with Crippen LogP contribution in [0.4, 0.5) is 0 Å². The first kappa shape index (κ1) is 31.3. The number of rotatable bonds is 3. The van der Waals surface area contributed by atoms with E-state index in [0.29, 0.717) is 17.5 Å². The number of nitrogens with zero attached hydrogens (tertiary/aromatic N) is 5. The van der Waals surface area contributed by atoms with Crippen LogP contribution in [-0.2, 0) is 0 Å². The molecule has 0 radical (unpaired) electrons. The first-order valence-corrected chi connectivity index (χ1v) is 19.7. The summed E-state index contributed by atoms with van der Waals surface area (Å²) in [5, 5.41) is 12.2. The van der Waals surface area contributed by atoms with Crippen molar-refractivity contribution < 1.29 is 0 Å². The lowest BCUT2D eigenvalue weighted by atomic mass is 10.0. The summed E-state index contributed by atoms with van der Waals surface area (Å²) in [6.07, 6.45) is 0. The minimum Gasteiger partial charge on any atom is -0.307 e. The van der Waals surface area contributed by atoms with Gasteiger partial charge < -0.3 is 8.80 Å². The molecule has 0 saturated heterocycles. The number of para-hydroxylation sites is 1. The molecule has 0 atom stereocenters. The average Bonchev–Trinajstić information content (AvgIpc) is 3.82. The zero-order chi connectivity index (χ0) is 37.9. The van der Waals surface area contributed by atoms with Crippen LogP contribution in [0, 0.1) is 0 Å². The van der Waals surface area contributed by atoms with Crippen molar-refractivity contribution in [1.82, 2.24) is 23.8 Å². The normalized spacial score (nSPS) is 12.1. The molecule has 0 unspecified atom stereocenters. The summed E-state index contributed by atoms with van der Waals surface area (Å²) >= 11 is 0. The molecule has 13 rings (SSSR count). The summed E-state index contributed by atoms with van der Waals surface area (Å²) in [5.74, 6) is 1.91. The quantitative estimate of drug-likeness (QED) is 0.181. The van der Waals surface area contributed by atoms with Crippen molar-refractivity contribution in [3.63, 3.8) is 0 Å². The molecule has 58 heavy (non-hydrogen) atoms. The van der Waals surface area contributed by atoms with Crippen LogP contribution in [0.5, 0.6) is 0 Å². The van der Waals surface area contributed by atoms with Gasteiger partial charge in [-0.15, -0.1) is 0 Å². The van der Waals surface area contributed by atoms with E-state index in [1.807, 2.05) is 36.4 Å². The molecule has 9 aromatic carbocycles. The highest BCUT2D eigenvalue weighted by Gasteiger charge is 2.23. The van der Waals surface area contributed by atoms with Gasteiger partial charge in [-0.3, -0.25) is 0 Å². The van der Waals surface area contributed by atoms with E-state index in [0.717, 1.165) is 38.5 Å². The average molecular weight is 738 g/mol. The van der Waals surface area contributed by atoms with Gasteiger partial charge in [0, 0.05) is 49.0 Å². The Balaban J connectivity index is 1.25. The molecule has 0 amide bonds. The second-order valence-electron chi connectivity index (χ2n) is 15.2. The summed E-state index contributed by atoms with van der Waals surface area (Å²) < 4.78 is 5.04. The molecule has 0 saturated carbocycles. The van der Waals surface area contributed by atoms with Gasteiger partial charge in [-0.05, 0) is 57.9 Å². The molecule has 268 valence electrons. The third-order valence-corrected chi connectivity index (χ3v) is 12.1. The SMILES string of the molecule is c1ccc(-c2nc(-c3ccccc3)nc(-c3ccc4c(c3)c3ccccc3n3c5ccc6ccccc6c5c5ccc6c7c8ccccc8ccc7n4c6c53)n2)cc1. The van der Waals surface area contributed by atoms with Crippen molar-refractivity contribution in [3.05, 3.63) is 188 Å². The topological polar surface area (TPSA) is 47.5 Å². The molecule has 0 aliphatic rings. The van der Waals surface area contributed by atoms with E-state index in [2.05, 4.69) is 160 Å². The molecule has 0 aliphatic heterocycles. The highest BCUT2D eigenvalue weighted by Crippen LogP contribution is 2.45. The third kappa shape index (κ3) is 4.33. The number of hydrogen-bond acceptors (Lipinski definition) is 3. The van der Waals surface area contributed by atoms with E-state index >= 15 is 0 Å². The van der Waals surface area contributed by atoms with Gasteiger partial charge in [0.15, 0.2) is 17.5 Å². The Labute approximate surface area is 331 Å². The predicted octanol–water partition coefficient (Wildman–Crippen LogP) is 13.5. The zero-order valence-corrected chi connectivity index (χ0v) is 31.1. The molecule has 0 bridgehead atoms. The maximum absolute atomic E-state index is 5.15. The van der Waals surface area contributed by atoms with Crippen LogP contribution < -0.4 is 0 Å². The van der Waals surface area contributed by atoms with Crippen molar-refractivity contribution in [3.8, 4) is 34.2 Å². The van der Waals surface area contributed by atoms with E-state index in [1.54, 1.807) is 0 Å². The summed E-state index contributed by atoms with van der Waals surface area (Å²) in [5.41, 5.74) is 9.83. The van der Waals surface area contributed by atoms with Gasteiger partial charge >= 0.3 is 0 Å². The maximum Gasteiger partial charge on any atom is 0.164 e. The highest BCUT2D eigenvalue weighted by molar-refractivity contribution is 6.32. The Morgan fingerprint density at radius 1 is 0.276 bits per heavy atom. The lowest BCUT2D eigenvalue weighted by molar-refractivity contribution is 1.07. The molecular weight excluding hydrogens is 707 g/mol. The summed E-state index contributed by atoms with van der Waals surface area (Å²) in [4.78, 5) is 15.3. The molecule has 0 fully saturated rings. The van der Waals surface area contributed by atoms with Crippen LogP contribution in [0.25, 0.3) is 121 Å². The number of aromatic nitrogens is 5. The summed E-state index contributed by atoms with van der Waals surface area (Å²) in [7, 11) is 0. The standard InChI is InChI=1S/C53H31N5/c1-3-15-34(16-4-1)51-54-52(35-17-5-2-6-18-35)56-53(55-51)36-25-28-44-42(31-36)39-21-11-12-22-43(39)57-45-29-23-32-13-7-9-19-37(32)47(45)40-26-27-41-48-38-20-10-8-14-33(38)24-30-46(48)58(44)50(41)49(40)57/h1-31H. The molecule has 5 heteroatoms. The largest absolute Gasteiger partial charge is 0.307 e. The monoisotopic (exact) mass is 737 g/mol. The fourth-order valence-electron chi connectivity index (χ4n) is 9.56. The second kappa shape index (κ2) is 11.8. The van der Waals surface area contributed by atoms with E-state index in [-0.39, 0.29) is 0 Å². The van der Waals surface area contributed by atoms with Crippen LogP contribution in [0.15, 0.2) is 188 Å². The van der Waals surface area contributed by atoms with Crippen molar-refractivity contribution >= 4 is 87.0 Å². The second-order valence-corrected chi connectivity index (χ2v) is 15.2. The maximum atomic E-state index is 5.15. The van der Waals surface area contributed by atoms with Gasteiger partial charge in [0.2, 0.25) is 0 Å². The highest BCUT2D eigenvalue weighted by atomic mass is 15.0. The van der Waals surface area contributed by atoms with Crippen molar-refractivity contribution in [2.75, 3.05) is 0 Å². The fourth-order valence-corrected chi connectivity index (χ4v) is 9.56. The zero-order valence-electron chi connectivity index (χ0n) is 31.1. The number of benzene rings is 9. The summed E-state index contributed by atoms with van der Waals surface area (Å²) in [6.45, 7) is 0. The van der Waals surface area contributed by atoms with Crippen molar-refractivity contribution in [1.29, 1.82) is 0 Å². The Bertz CT molecular complexity index is 3790. The van der Waals surface area contributed by atoms with Gasteiger partial charge in [-0.2, -0.15) is 0 Å². The Morgan fingerprint density at radius 2 is 0.707 bits per heavy atom. The first-order chi connectivity index (χ1) is 28.8. The van der Waals surface area contributed by atoms with Crippen LogP contribution in [0.2, 0.25) is 0 Å². The summed E-state index contributed by atoms with van der Waals surface area (Å²) in [6, 6.07) is 67.4. The van der Waals surface area contributed by atoms with Gasteiger partial charge in [0.25, 0.3) is 0 Å². The first-order valence-electron chi connectivity index (χ1n) is 19.7. The molecule has 4 aromatic heterocycles. The van der Waals surface area contributed by atoms with Gasteiger partial charge in [-0.1, -0.05) is 152 Å². The molecule has 0 aliphatic carbocycles. The molecule has 0 spiro atoms. The van der Waals surface area contributed by atoms with E-state index in [1.165, 1.54) is 65.2 Å². The van der Waals surface area contributed by atoms with Crippen molar-refractivity contribution in [2.24, 2.45) is 0 Å². The lowest BCUT2D eigenvalue weighted by Gasteiger charge is -2.13. The number of fused-ring (bicyclic) bond motifs is 15. The van der Waals surface area contributed by atoms with Crippen molar-refractivity contribution in [2.45, 2.75) is 0 Å².